The molecule has 1 aliphatic heterocycles. The molecule has 4 N–H and O–H groups in total. The number of morpholine rings is 1. The van der Waals surface area contributed by atoms with E-state index in [2.05, 4.69) is 17.0 Å². The van der Waals surface area contributed by atoms with Gasteiger partial charge in [0.15, 0.2) is 0 Å². The zero-order valence-corrected chi connectivity index (χ0v) is 11.3. The highest BCUT2D eigenvalue weighted by atomic mass is 16.5. The van der Waals surface area contributed by atoms with Crippen molar-refractivity contribution >= 4 is 17.1 Å². The van der Waals surface area contributed by atoms with E-state index >= 15 is 0 Å². The summed E-state index contributed by atoms with van der Waals surface area (Å²) in [6.07, 6.45) is 0.0851. The number of nitrogens with two attached hydrogens (primary N) is 2. The number of benzene rings is 2. The minimum absolute atomic E-state index is 0.0851. The smallest absolute Gasteiger partial charge is 0.100 e. The predicted octanol–water partition coefficient (Wildman–Crippen LogP) is 2.43. The third-order valence-electron chi connectivity index (χ3n) is 3.63. The van der Waals surface area contributed by atoms with Gasteiger partial charge >= 0.3 is 0 Å². The van der Waals surface area contributed by atoms with E-state index in [-0.39, 0.29) is 6.10 Å². The van der Waals surface area contributed by atoms with Crippen molar-refractivity contribution in [3.63, 3.8) is 0 Å². The van der Waals surface area contributed by atoms with Gasteiger partial charge in [0.2, 0.25) is 0 Å². The Labute approximate surface area is 118 Å². The van der Waals surface area contributed by atoms with Gasteiger partial charge in [0.25, 0.3) is 0 Å². The van der Waals surface area contributed by atoms with Crippen LogP contribution in [0.4, 0.5) is 17.1 Å². The van der Waals surface area contributed by atoms with Crippen LogP contribution in [0.15, 0.2) is 48.5 Å². The minimum atomic E-state index is 0.0851. The van der Waals surface area contributed by atoms with Crippen LogP contribution in [-0.2, 0) is 4.74 Å². The molecule has 104 valence electrons. The molecule has 1 unspecified atom stereocenters. The molecule has 0 spiro atoms. The molecular formula is C16H19N3O. The Morgan fingerprint density at radius 2 is 1.50 bits per heavy atom. The molecule has 0 amide bonds. The summed E-state index contributed by atoms with van der Waals surface area (Å²) in [5.74, 6) is 0. The van der Waals surface area contributed by atoms with E-state index in [9.17, 15) is 0 Å². The Hall–Kier alpha value is -2.20. The SMILES string of the molecule is Nc1ccc(C2CN(c3ccc(N)cc3)CCO2)cc1. The summed E-state index contributed by atoms with van der Waals surface area (Å²) in [7, 11) is 0. The third-order valence-corrected chi connectivity index (χ3v) is 3.63. The number of nitrogen functional groups attached to an aromatic ring is 2. The molecule has 0 bridgehead atoms. The van der Waals surface area contributed by atoms with Gasteiger partial charge in [-0.1, -0.05) is 12.1 Å². The zero-order chi connectivity index (χ0) is 13.9. The Morgan fingerprint density at radius 3 is 2.15 bits per heavy atom. The first-order valence-corrected chi connectivity index (χ1v) is 6.80. The van der Waals surface area contributed by atoms with E-state index in [0.29, 0.717) is 0 Å². The van der Waals surface area contributed by atoms with Crippen LogP contribution in [-0.4, -0.2) is 19.7 Å². The van der Waals surface area contributed by atoms with E-state index in [1.165, 1.54) is 11.3 Å². The van der Waals surface area contributed by atoms with Gasteiger partial charge in [-0.15, -0.1) is 0 Å². The van der Waals surface area contributed by atoms with Crippen molar-refractivity contribution in [1.29, 1.82) is 0 Å². The van der Waals surface area contributed by atoms with Crippen molar-refractivity contribution < 1.29 is 4.74 Å². The molecule has 1 saturated heterocycles. The molecule has 0 aliphatic carbocycles. The first-order chi connectivity index (χ1) is 9.72. The van der Waals surface area contributed by atoms with E-state index < -0.39 is 0 Å². The van der Waals surface area contributed by atoms with Gasteiger partial charge in [0.05, 0.1) is 6.61 Å². The van der Waals surface area contributed by atoms with Crippen LogP contribution >= 0.6 is 0 Å². The van der Waals surface area contributed by atoms with E-state index in [4.69, 9.17) is 16.2 Å². The van der Waals surface area contributed by atoms with Crippen LogP contribution in [0, 0.1) is 0 Å². The number of hydrogen-bond acceptors (Lipinski definition) is 4. The summed E-state index contributed by atoms with van der Waals surface area (Å²) < 4.78 is 5.87. The summed E-state index contributed by atoms with van der Waals surface area (Å²) in [4.78, 5) is 2.32. The minimum Gasteiger partial charge on any atom is -0.399 e. The molecule has 1 fully saturated rings. The molecule has 3 rings (SSSR count). The van der Waals surface area contributed by atoms with Crippen LogP contribution < -0.4 is 16.4 Å². The number of rotatable bonds is 2. The fourth-order valence-corrected chi connectivity index (χ4v) is 2.48. The van der Waals surface area contributed by atoms with E-state index in [1.54, 1.807) is 0 Å². The highest BCUT2D eigenvalue weighted by Crippen LogP contribution is 2.27. The standard InChI is InChI=1S/C16H19N3O/c17-13-3-1-12(2-4-13)16-11-19(9-10-20-16)15-7-5-14(18)6-8-15/h1-8,16H,9-11,17-18H2. The molecule has 4 nitrogen and oxygen atoms in total. The lowest BCUT2D eigenvalue weighted by atomic mass is 10.1. The maximum absolute atomic E-state index is 5.87. The van der Waals surface area contributed by atoms with E-state index in [1.807, 2.05) is 36.4 Å². The fraction of sp³-hybridized carbons (Fsp3) is 0.250. The Morgan fingerprint density at radius 1 is 0.900 bits per heavy atom. The first-order valence-electron chi connectivity index (χ1n) is 6.80. The van der Waals surface area contributed by atoms with Crippen LogP contribution in [0.5, 0.6) is 0 Å². The predicted molar refractivity (Wildman–Crippen MR) is 82.6 cm³/mol. The molecule has 1 heterocycles. The number of ether oxygens (including phenoxy) is 1. The van der Waals surface area contributed by atoms with Gasteiger partial charge in [0, 0.05) is 30.2 Å². The van der Waals surface area contributed by atoms with Crippen molar-refractivity contribution in [3.05, 3.63) is 54.1 Å². The lowest BCUT2D eigenvalue weighted by Gasteiger charge is -2.34. The molecule has 4 heteroatoms. The molecular weight excluding hydrogens is 250 g/mol. The molecule has 0 radical (unpaired) electrons. The van der Waals surface area contributed by atoms with Gasteiger partial charge in [-0.3, -0.25) is 0 Å². The summed E-state index contributed by atoms with van der Waals surface area (Å²) >= 11 is 0. The van der Waals surface area contributed by atoms with Crippen molar-refractivity contribution in [2.45, 2.75) is 6.10 Å². The molecule has 1 aliphatic rings. The summed E-state index contributed by atoms with van der Waals surface area (Å²) in [5.41, 5.74) is 15.4. The lowest BCUT2D eigenvalue weighted by Crippen LogP contribution is -2.38. The summed E-state index contributed by atoms with van der Waals surface area (Å²) in [6, 6.07) is 15.9. The van der Waals surface area contributed by atoms with Crippen molar-refractivity contribution in [3.8, 4) is 0 Å². The van der Waals surface area contributed by atoms with Gasteiger partial charge in [-0.25, -0.2) is 0 Å². The third kappa shape index (κ3) is 2.70. The van der Waals surface area contributed by atoms with Crippen LogP contribution in [0.2, 0.25) is 0 Å². The highest BCUT2D eigenvalue weighted by Gasteiger charge is 2.22. The molecule has 0 aromatic heterocycles. The molecule has 20 heavy (non-hydrogen) atoms. The van der Waals surface area contributed by atoms with Gasteiger partial charge in [-0.2, -0.15) is 0 Å². The number of anilines is 3. The van der Waals surface area contributed by atoms with Crippen LogP contribution in [0.1, 0.15) is 11.7 Å². The van der Waals surface area contributed by atoms with Gasteiger partial charge in [0.1, 0.15) is 6.10 Å². The maximum Gasteiger partial charge on any atom is 0.100 e. The molecule has 1 atom stereocenters. The Bertz CT molecular complexity index is 514. The number of hydrogen-bond donors (Lipinski definition) is 2. The van der Waals surface area contributed by atoms with Crippen molar-refractivity contribution in [2.75, 3.05) is 36.1 Å². The summed E-state index contributed by atoms with van der Waals surface area (Å²) in [5, 5.41) is 0. The van der Waals surface area contributed by atoms with Gasteiger partial charge in [-0.05, 0) is 42.0 Å². The average molecular weight is 269 g/mol. The normalized spacial score (nSPS) is 19.0. The Balaban J connectivity index is 1.76. The van der Waals surface area contributed by atoms with Crippen LogP contribution in [0.3, 0.4) is 0 Å². The average Bonchev–Trinajstić information content (AvgIpc) is 2.49. The van der Waals surface area contributed by atoms with Crippen molar-refractivity contribution in [2.24, 2.45) is 0 Å². The highest BCUT2D eigenvalue weighted by molar-refractivity contribution is 5.53. The van der Waals surface area contributed by atoms with E-state index in [0.717, 1.165) is 31.1 Å². The molecule has 2 aromatic carbocycles. The topological polar surface area (TPSA) is 64.5 Å². The number of nitrogens with zero attached hydrogens (tertiary/aromatic N) is 1. The second-order valence-electron chi connectivity index (χ2n) is 5.06. The monoisotopic (exact) mass is 269 g/mol. The maximum atomic E-state index is 5.87. The zero-order valence-electron chi connectivity index (χ0n) is 11.3. The van der Waals surface area contributed by atoms with Crippen LogP contribution in [0.25, 0.3) is 0 Å². The second-order valence-corrected chi connectivity index (χ2v) is 5.06. The molecule has 0 saturated carbocycles. The second kappa shape index (κ2) is 5.43. The Kier molecular flexibility index (Phi) is 3.48. The quantitative estimate of drug-likeness (QED) is 0.822. The molecule has 2 aromatic rings. The fourth-order valence-electron chi connectivity index (χ4n) is 2.48. The summed E-state index contributed by atoms with van der Waals surface area (Å²) in [6.45, 7) is 2.46. The van der Waals surface area contributed by atoms with Gasteiger partial charge < -0.3 is 21.1 Å². The van der Waals surface area contributed by atoms with Crippen molar-refractivity contribution in [1.82, 2.24) is 0 Å². The largest absolute Gasteiger partial charge is 0.399 e. The first kappa shape index (κ1) is 12.8. The lowest BCUT2D eigenvalue weighted by molar-refractivity contribution is 0.0398.